The third-order valence-electron chi connectivity index (χ3n) is 15.4. The molecule has 5 unspecified atom stereocenters. The van der Waals surface area contributed by atoms with E-state index < -0.39 is 91.5 Å². The molecule has 0 amide bonds. The van der Waals surface area contributed by atoms with Gasteiger partial charge in [0, 0.05) is 19.3 Å². The summed E-state index contributed by atoms with van der Waals surface area (Å²) in [6.45, 7) is 2.42. The van der Waals surface area contributed by atoms with Crippen molar-refractivity contribution < 1.29 is 75.8 Å². The van der Waals surface area contributed by atoms with Crippen LogP contribution in [0.5, 0.6) is 0 Å². The number of esters is 3. The Morgan fingerprint density at radius 1 is 0.299 bits per heavy atom. The standard InChI is InChI=1S/C79H134O16P2/c1-4-7-10-13-16-19-22-25-27-29-31-33-34-35-36-37-38-40-42-43-45-48-50-53-56-59-62-65-77(82)89-68-74(80)69-91-96(85,86)92-70-75(81)71-93-97(87,88)94-73-76(95-79(84)67-64-61-58-55-52-47-24-21-18-15-12-9-6-3)72-90-78(83)66-63-60-57-54-51-49-46-44-41-39-32-30-28-26-23-20-17-14-11-8-5-2/h7-8,10-11,16-17,19-20,25-28,31-33,35-36,38-40,44,46,74-76,80-81H,4-6,9,12-15,18,21-24,29-30,34,37,41-43,45,47-73H2,1-3H3,(H,85,86)(H,87,88)/b10-7-,11-8-,19-16-,20-17-,27-25-,28-26-,33-31-,36-35-,39-32-,40-38-,46-44-. The highest BCUT2D eigenvalue weighted by atomic mass is 31.2. The summed E-state index contributed by atoms with van der Waals surface area (Å²) in [5.74, 6) is -1.60. The fourth-order valence-corrected chi connectivity index (χ4v) is 11.3. The molecule has 16 nitrogen and oxygen atoms in total. The van der Waals surface area contributed by atoms with Crippen molar-refractivity contribution in [1.29, 1.82) is 0 Å². The second-order valence-corrected chi connectivity index (χ2v) is 27.6. The van der Waals surface area contributed by atoms with Crippen LogP contribution < -0.4 is 0 Å². The van der Waals surface area contributed by atoms with Crippen molar-refractivity contribution in [3.63, 3.8) is 0 Å². The van der Waals surface area contributed by atoms with Crippen LogP contribution in [0.15, 0.2) is 134 Å². The number of phosphoric acid groups is 2. The van der Waals surface area contributed by atoms with Crippen molar-refractivity contribution in [2.45, 2.75) is 309 Å². The molecule has 0 bridgehead atoms. The van der Waals surface area contributed by atoms with Crippen LogP contribution in [-0.4, -0.2) is 95.9 Å². The van der Waals surface area contributed by atoms with Crippen molar-refractivity contribution in [2.75, 3.05) is 39.6 Å². The second kappa shape index (κ2) is 71.5. The van der Waals surface area contributed by atoms with Gasteiger partial charge in [-0.15, -0.1) is 0 Å². The van der Waals surface area contributed by atoms with Crippen LogP contribution in [0.4, 0.5) is 0 Å². The first-order chi connectivity index (χ1) is 47.2. The van der Waals surface area contributed by atoms with E-state index in [1.807, 2.05) is 0 Å². The Labute approximate surface area is 588 Å². The third kappa shape index (κ3) is 72.8. The number of aliphatic hydroxyl groups excluding tert-OH is 2. The molecule has 0 fully saturated rings. The Kier molecular flexibility index (Phi) is 68.3. The van der Waals surface area contributed by atoms with Crippen molar-refractivity contribution >= 4 is 33.6 Å². The minimum absolute atomic E-state index is 0.100. The van der Waals surface area contributed by atoms with Crippen LogP contribution in [0.1, 0.15) is 290 Å². The predicted octanol–water partition coefficient (Wildman–Crippen LogP) is 21.5. The molecule has 0 aromatic rings. The molecule has 97 heavy (non-hydrogen) atoms. The van der Waals surface area contributed by atoms with Gasteiger partial charge in [-0.05, 0) is 116 Å². The lowest BCUT2D eigenvalue weighted by Gasteiger charge is -2.21. The van der Waals surface area contributed by atoms with Gasteiger partial charge in [0.15, 0.2) is 6.10 Å². The summed E-state index contributed by atoms with van der Waals surface area (Å²) in [5.41, 5.74) is 0. The van der Waals surface area contributed by atoms with E-state index in [4.69, 9.17) is 32.3 Å². The molecule has 0 aliphatic heterocycles. The molecule has 0 aliphatic carbocycles. The molecule has 0 saturated heterocycles. The summed E-state index contributed by atoms with van der Waals surface area (Å²) in [4.78, 5) is 58.5. The third-order valence-corrected chi connectivity index (χ3v) is 17.3. The van der Waals surface area contributed by atoms with E-state index in [0.29, 0.717) is 19.3 Å². The van der Waals surface area contributed by atoms with Crippen molar-refractivity contribution in [2.24, 2.45) is 0 Å². The molecule has 0 heterocycles. The Balaban J connectivity index is 4.57. The van der Waals surface area contributed by atoms with Crippen LogP contribution in [-0.2, 0) is 55.8 Å². The van der Waals surface area contributed by atoms with Gasteiger partial charge in [-0.2, -0.15) is 0 Å². The molecule has 0 rings (SSSR count). The SMILES string of the molecule is CC/C=C\C/C=C\C/C=C\C/C=C\C/C=C\C/C=C\CCCCCCCCCCC(=O)OCC(O)COP(=O)(O)OCC(O)COP(=O)(O)OCC(COC(=O)CCCCCCC/C=C\C/C=C\C/C=C\C/C=C\C/C=C\CC)OC(=O)CCCCCCCCCCCCCCC. The van der Waals surface area contributed by atoms with E-state index >= 15 is 0 Å². The fourth-order valence-electron chi connectivity index (χ4n) is 9.72. The zero-order valence-corrected chi connectivity index (χ0v) is 62.2. The summed E-state index contributed by atoms with van der Waals surface area (Å²) in [6.07, 6.45) is 84.9. The lowest BCUT2D eigenvalue weighted by molar-refractivity contribution is -0.161. The molecule has 0 aliphatic rings. The Hall–Kier alpha value is -4.31. The van der Waals surface area contributed by atoms with E-state index in [1.165, 1.54) is 70.6 Å². The molecule has 5 atom stereocenters. The lowest BCUT2D eigenvalue weighted by atomic mass is 10.0. The number of ether oxygens (including phenoxy) is 3. The number of rotatable bonds is 70. The molecule has 0 aromatic heterocycles. The number of hydrogen-bond acceptors (Lipinski definition) is 14. The van der Waals surface area contributed by atoms with Crippen molar-refractivity contribution in [3.8, 4) is 0 Å². The quantitative estimate of drug-likeness (QED) is 0.0146. The van der Waals surface area contributed by atoms with Gasteiger partial charge in [-0.25, -0.2) is 9.13 Å². The number of phosphoric ester groups is 2. The number of hydrogen-bond donors (Lipinski definition) is 4. The Bertz CT molecular complexity index is 2300. The van der Waals surface area contributed by atoms with Crippen LogP contribution in [0, 0.1) is 0 Å². The largest absolute Gasteiger partial charge is 0.472 e. The topological polar surface area (TPSA) is 231 Å². The van der Waals surface area contributed by atoms with Gasteiger partial charge in [0.2, 0.25) is 0 Å². The summed E-state index contributed by atoms with van der Waals surface area (Å²) in [6, 6.07) is 0. The zero-order chi connectivity index (χ0) is 70.9. The molecule has 18 heteroatoms. The maximum atomic E-state index is 12.9. The highest BCUT2D eigenvalue weighted by molar-refractivity contribution is 7.47. The smallest absolute Gasteiger partial charge is 0.463 e. The van der Waals surface area contributed by atoms with Crippen molar-refractivity contribution in [1.82, 2.24) is 0 Å². The predicted molar refractivity (Wildman–Crippen MR) is 399 cm³/mol. The van der Waals surface area contributed by atoms with Gasteiger partial charge >= 0.3 is 33.6 Å². The molecule has 0 aromatic carbocycles. The maximum absolute atomic E-state index is 12.9. The average molecular weight is 1400 g/mol. The molecule has 0 saturated carbocycles. The molecular formula is C79H134O16P2. The molecule has 0 radical (unpaired) electrons. The second-order valence-electron chi connectivity index (χ2n) is 24.7. The van der Waals surface area contributed by atoms with Gasteiger partial charge in [-0.1, -0.05) is 289 Å². The number of unbranched alkanes of at least 4 members (excludes halogenated alkanes) is 25. The molecular weight excluding hydrogens is 1270 g/mol. The maximum Gasteiger partial charge on any atom is 0.472 e. The fraction of sp³-hybridized carbons (Fsp3) is 0.684. The summed E-state index contributed by atoms with van der Waals surface area (Å²) < 4.78 is 61.0. The summed E-state index contributed by atoms with van der Waals surface area (Å²) >= 11 is 0. The monoisotopic (exact) mass is 1400 g/mol. The van der Waals surface area contributed by atoms with Crippen LogP contribution >= 0.6 is 15.6 Å². The zero-order valence-electron chi connectivity index (χ0n) is 60.5. The highest BCUT2D eigenvalue weighted by Gasteiger charge is 2.29. The first-order valence-electron chi connectivity index (χ1n) is 37.5. The molecule has 556 valence electrons. The minimum Gasteiger partial charge on any atom is -0.463 e. The number of aliphatic hydroxyl groups is 2. The van der Waals surface area contributed by atoms with Gasteiger partial charge in [0.1, 0.15) is 25.4 Å². The number of carbonyl (C=O) groups excluding carboxylic acids is 3. The summed E-state index contributed by atoms with van der Waals surface area (Å²) in [7, 11) is -9.79. The van der Waals surface area contributed by atoms with Crippen molar-refractivity contribution in [3.05, 3.63) is 134 Å². The van der Waals surface area contributed by atoms with E-state index in [1.54, 1.807) is 0 Å². The lowest BCUT2D eigenvalue weighted by Crippen LogP contribution is -2.30. The van der Waals surface area contributed by atoms with Gasteiger partial charge < -0.3 is 34.2 Å². The van der Waals surface area contributed by atoms with Crippen LogP contribution in [0.3, 0.4) is 0 Å². The normalized spacial score (nSPS) is 14.8. The highest BCUT2D eigenvalue weighted by Crippen LogP contribution is 2.45. The molecule has 0 spiro atoms. The first kappa shape index (κ1) is 92.7. The summed E-state index contributed by atoms with van der Waals surface area (Å²) in [5, 5.41) is 20.6. The van der Waals surface area contributed by atoms with Gasteiger partial charge in [-0.3, -0.25) is 32.5 Å². The Morgan fingerprint density at radius 2 is 0.546 bits per heavy atom. The van der Waals surface area contributed by atoms with E-state index in [0.717, 1.165) is 161 Å². The van der Waals surface area contributed by atoms with Gasteiger partial charge in [0.25, 0.3) is 0 Å². The Morgan fingerprint density at radius 3 is 0.866 bits per heavy atom. The first-order valence-corrected chi connectivity index (χ1v) is 40.5. The number of allylic oxidation sites excluding steroid dienone is 22. The average Bonchev–Trinajstić information content (AvgIpc) is 1.63. The van der Waals surface area contributed by atoms with Crippen LogP contribution in [0.2, 0.25) is 0 Å². The van der Waals surface area contributed by atoms with E-state index in [9.17, 15) is 43.5 Å². The minimum atomic E-state index is -4.93. The van der Waals surface area contributed by atoms with E-state index in [-0.39, 0.29) is 19.3 Å². The van der Waals surface area contributed by atoms with E-state index in [2.05, 4.69) is 154 Å². The molecule has 4 N–H and O–H groups in total. The number of carbonyl (C=O) groups is 3. The van der Waals surface area contributed by atoms with Gasteiger partial charge in [0.05, 0.1) is 26.4 Å². The van der Waals surface area contributed by atoms with Crippen LogP contribution in [0.25, 0.3) is 0 Å².